The fraction of sp³-hybridized carbons (Fsp3) is 0.714. The molecule has 0 spiro atoms. The van der Waals surface area contributed by atoms with Gasteiger partial charge in [-0.1, -0.05) is 6.92 Å². The first-order valence-corrected chi connectivity index (χ1v) is 6.99. The average molecular weight is 264 g/mol. The van der Waals surface area contributed by atoms with Crippen molar-refractivity contribution in [1.82, 2.24) is 14.7 Å². The summed E-state index contributed by atoms with van der Waals surface area (Å²) in [6, 6.07) is 0.331. The van der Waals surface area contributed by atoms with Gasteiger partial charge in [0.2, 0.25) is 5.91 Å². The SMILES string of the molecule is Cc1nn(CC(=O)N2CC(C)CCC2C)c(C)c1N. The highest BCUT2D eigenvalue weighted by Crippen LogP contribution is 2.22. The number of carbonyl (C=O) groups excluding carboxylic acids is 1. The lowest BCUT2D eigenvalue weighted by molar-refractivity contribution is -0.136. The number of carbonyl (C=O) groups is 1. The minimum absolute atomic E-state index is 0.143. The zero-order valence-electron chi connectivity index (χ0n) is 12.3. The monoisotopic (exact) mass is 264 g/mol. The van der Waals surface area contributed by atoms with Crippen molar-refractivity contribution in [2.75, 3.05) is 12.3 Å². The molecular formula is C14H24N4O. The number of nitrogens with zero attached hydrogens (tertiary/aromatic N) is 3. The summed E-state index contributed by atoms with van der Waals surface area (Å²) >= 11 is 0. The normalized spacial score (nSPS) is 23.7. The van der Waals surface area contributed by atoms with Crippen LogP contribution in [-0.2, 0) is 11.3 Å². The van der Waals surface area contributed by atoms with Gasteiger partial charge in [-0.2, -0.15) is 5.10 Å². The predicted octanol–water partition coefficient (Wildman–Crippen LogP) is 1.73. The van der Waals surface area contributed by atoms with E-state index in [4.69, 9.17) is 5.73 Å². The highest BCUT2D eigenvalue weighted by molar-refractivity contribution is 5.76. The molecule has 2 atom stereocenters. The van der Waals surface area contributed by atoms with E-state index in [1.807, 2.05) is 18.7 Å². The zero-order chi connectivity index (χ0) is 14.2. The molecule has 5 nitrogen and oxygen atoms in total. The first-order valence-electron chi connectivity index (χ1n) is 6.99. The van der Waals surface area contributed by atoms with Crippen LogP contribution in [0.1, 0.15) is 38.1 Å². The Kier molecular flexibility index (Phi) is 3.83. The lowest BCUT2D eigenvalue weighted by atomic mass is 9.95. The van der Waals surface area contributed by atoms with Crippen LogP contribution in [0.4, 0.5) is 5.69 Å². The molecule has 0 aliphatic carbocycles. The number of rotatable bonds is 2. The van der Waals surface area contributed by atoms with Crippen molar-refractivity contribution in [2.45, 2.75) is 53.1 Å². The van der Waals surface area contributed by atoms with E-state index >= 15 is 0 Å². The molecule has 1 amide bonds. The fourth-order valence-electron chi connectivity index (χ4n) is 2.72. The Morgan fingerprint density at radius 1 is 1.37 bits per heavy atom. The van der Waals surface area contributed by atoms with Gasteiger partial charge in [-0.25, -0.2) is 0 Å². The molecule has 1 aliphatic rings. The number of nitrogen functional groups attached to an aromatic ring is 1. The Balaban J connectivity index is 2.10. The number of aromatic nitrogens is 2. The molecular weight excluding hydrogens is 240 g/mol. The van der Waals surface area contributed by atoms with Gasteiger partial charge >= 0.3 is 0 Å². The van der Waals surface area contributed by atoms with E-state index in [1.54, 1.807) is 4.68 Å². The molecule has 19 heavy (non-hydrogen) atoms. The molecule has 1 aliphatic heterocycles. The van der Waals surface area contributed by atoms with Gasteiger partial charge < -0.3 is 10.6 Å². The number of nitrogens with two attached hydrogens (primary N) is 1. The summed E-state index contributed by atoms with van der Waals surface area (Å²) in [7, 11) is 0. The lowest BCUT2D eigenvalue weighted by Crippen LogP contribution is -2.46. The summed E-state index contributed by atoms with van der Waals surface area (Å²) in [5.41, 5.74) is 8.26. The topological polar surface area (TPSA) is 64.2 Å². The Morgan fingerprint density at radius 3 is 2.63 bits per heavy atom. The Morgan fingerprint density at radius 2 is 2.05 bits per heavy atom. The number of piperidine rings is 1. The number of hydrogen-bond donors (Lipinski definition) is 1. The third kappa shape index (κ3) is 2.74. The van der Waals surface area contributed by atoms with Gasteiger partial charge in [0, 0.05) is 12.6 Å². The van der Waals surface area contributed by atoms with Crippen LogP contribution >= 0.6 is 0 Å². The van der Waals surface area contributed by atoms with Gasteiger partial charge in [-0.3, -0.25) is 9.48 Å². The summed E-state index contributed by atoms with van der Waals surface area (Å²) in [5, 5.41) is 4.33. The molecule has 1 aromatic heterocycles. The maximum Gasteiger partial charge on any atom is 0.244 e. The van der Waals surface area contributed by atoms with Crippen LogP contribution in [0.15, 0.2) is 0 Å². The quantitative estimate of drug-likeness (QED) is 0.884. The molecule has 0 bridgehead atoms. The van der Waals surface area contributed by atoms with E-state index in [1.165, 1.54) is 6.42 Å². The van der Waals surface area contributed by atoms with Crippen molar-refractivity contribution in [3.63, 3.8) is 0 Å². The average Bonchev–Trinajstić information content (AvgIpc) is 2.60. The van der Waals surface area contributed by atoms with E-state index in [0.717, 1.165) is 24.4 Å². The molecule has 1 saturated heterocycles. The van der Waals surface area contributed by atoms with E-state index in [2.05, 4.69) is 18.9 Å². The van der Waals surface area contributed by atoms with Gasteiger partial charge in [0.05, 0.1) is 17.1 Å². The first-order chi connectivity index (χ1) is 8.90. The van der Waals surface area contributed by atoms with Gasteiger partial charge in [-0.15, -0.1) is 0 Å². The standard InChI is InChI=1S/C14H24N4O/c1-9-5-6-10(2)17(7-9)13(19)8-18-12(4)14(15)11(3)16-18/h9-10H,5-8,15H2,1-4H3. The maximum absolute atomic E-state index is 12.4. The summed E-state index contributed by atoms with van der Waals surface area (Å²) in [4.78, 5) is 14.4. The molecule has 5 heteroatoms. The van der Waals surface area contributed by atoms with Crippen LogP contribution in [0.25, 0.3) is 0 Å². The van der Waals surface area contributed by atoms with Crippen LogP contribution in [0.3, 0.4) is 0 Å². The molecule has 106 valence electrons. The Labute approximate surface area is 114 Å². The van der Waals surface area contributed by atoms with Crippen molar-refractivity contribution in [1.29, 1.82) is 0 Å². The molecule has 1 aromatic rings. The Hall–Kier alpha value is -1.52. The molecule has 2 unspecified atom stereocenters. The maximum atomic E-state index is 12.4. The highest BCUT2D eigenvalue weighted by Gasteiger charge is 2.27. The molecule has 0 radical (unpaired) electrons. The minimum atomic E-state index is 0.143. The van der Waals surface area contributed by atoms with Gasteiger partial charge in [0.25, 0.3) is 0 Å². The highest BCUT2D eigenvalue weighted by atomic mass is 16.2. The van der Waals surface area contributed by atoms with Crippen molar-refractivity contribution in [3.8, 4) is 0 Å². The summed E-state index contributed by atoms with van der Waals surface area (Å²) < 4.78 is 1.72. The zero-order valence-corrected chi connectivity index (χ0v) is 12.3. The smallest absolute Gasteiger partial charge is 0.244 e. The molecule has 0 saturated carbocycles. The molecule has 0 aromatic carbocycles. The van der Waals surface area contributed by atoms with Crippen molar-refractivity contribution >= 4 is 11.6 Å². The third-order valence-electron chi connectivity index (χ3n) is 4.16. The second kappa shape index (κ2) is 5.23. The van der Waals surface area contributed by atoms with Crippen LogP contribution in [0, 0.1) is 19.8 Å². The van der Waals surface area contributed by atoms with Gasteiger partial charge in [0.15, 0.2) is 0 Å². The number of anilines is 1. The second-order valence-electron chi connectivity index (χ2n) is 5.82. The van der Waals surface area contributed by atoms with Crippen molar-refractivity contribution in [2.24, 2.45) is 5.92 Å². The molecule has 1 fully saturated rings. The number of hydrogen-bond acceptors (Lipinski definition) is 3. The minimum Gasteiger partial charge on any atom is -0.396 e. The molecule has 2 N–H and O–H groups in total. The summed E-state index contributed by atoms with van der Waals surface area (Å²) in [6.45, 7) is 9.25. The fourth-order valence-corrected chi connectivity index (χ4v) is 2.72. The predicted molar refractivity (Wildman–Crippen MR) is 75.7 cm³/mol. The number of likely N-dealkylation sites (tertiary alicyclic amines) is 1. The van der Waals surface area contributed by atoms with Gasteiger partial charge in [0.1, 0.15) is 6.54 Å². The number of aryl methyl sites for hydroxylation is 1. The summed E-state index contributed by atoms with van der Waals surface area (Å²) in [6.07, 6.45) is 2.30. The van der Waals surface area contributed by atoms with Crippen LogP contribution in [0.2, 0.25) is 0 Å². The van der Waals surface area contributed by atoms with E-state index in [-0.39, 0.29) is 5.91 Å². The van der Waals surface area contributed by atoms with Crippen LogP contribution in [-0.4, -0.2) is 33.2 Å². The lowest BCUT2D eigenvalue weighted by Gasteiger charge is -2.36. The summed E-state index contributed by atoms with van der Waals surface area (Å²) in [5.74, 6) is 0.732. The second-order valence-corrected chi connectivity index (χ2v) is 5.82. The first kappa shape index (κ1) is 13.9. The van der Waals surface area contributed by atoms with Crippen LogP contribution in [0.5, 0.6) is 0 Å². The number of amides is 1. The van der Waals surface area contributed by atoms with Gasteiger partial charge in [-0.05, 0) is 39.5 Å². The van der Waals surface area contributed by atoms with Crippen molar-refractivity contribution in [3.05, 3.63) is 11.4 Å². The van der Waals surface area contributed by atoms with E-state index < -0.39 is 0 Å². The largest absolute Gasteiger partial charge is 0.396 e. The Bertz CT molecular complexity index is 480. The van der Waals surface area contributed by atoms with E-state index in [0.29, 0.717) is 24.2 Å². The van der Waals surface area contributed by atoms with E-state index in [9.17, 15) is 4.79 Å². The van der Waals surface area contributed by atoms with Crippen LogP contribution < -0.4 is 5.73 Å². The van der Waals surface area contributed by atoms with Crippen molar-refractivity contribution < 1.29 is 4.79 Å². The molecule has 2 rings (SSSR count). The third-order valence-corrected chi connectivity index (χ3v) is 4.16. The molecule has 2 heterocycles.